The Balaban J connectivity index is 2.09. The zero-order valence-electron chi connectivity index (χ0n) is 11.0. The van der Waals surface area contributed by atoms with Crippen LogP contribution >= 0.6 is 0 Å². The van der Waals surface area contributed by atoms with Crippen LogP contribution in [-0.2, 0) is 6.54 Å². The molecule has 0 saturated heterocycles. The molecule has 0 aliphatic carbocycles. The molecule has 0 heterocycles. The molecule has 0 fully saturated rings. The molecule has 0 spiro atoms. The lowest BCUT2D eigenvalue weighted by molar-refractivity contribution is 0.100. The number of amides is 1. The third-order valence-corrected chi connectivity index (χ3v) is 2.89. The fourth-order valence-electron chi connectivity index (χ4n) is 1.75. The van der Waals surface area contributed by atoms with Crippen LogP contribution in [0.15, 0.2) is 42.5 Å². The van der Waals surface area contributed by atoms with E-state index < -0.39 is 11.7 Å². The van der Waals surface area contributed by atoms with Crippen molar-refractivity contribution in [3.8, 4) is 5.75 Å². The van der Waals surface area contributed by atoms with Gasteiger partial charge in [-0.2, -0.15) is 0 Å². The predicted molar refractivity (Wildman–Crippen MR) is 75.2 cm³/mol. The Kier molecular flexibility index (Phi) is 4.20. The van der Waals surface area contributed by atoms with Gasteiger partial charge >= 0.3 is 0 Å². The van der Waals surface area contributed by atoms with Crippen LogP contribution in [0.5, 0.6) is 5.75 Å². The van der Waals surface area contributed by atoms with Crippen molar-refractivity contribution < 1.29 is 13.9 Å². The van der Waals surface area contributed by atoms with Gasteiger partial charge in [0.1, 0.15) is 11.6 Å². The largest absolute Gasteiger partial charge is 0.497 e. The molecular formula is C15H15FN2O2. The van der Waals surface area contributed by atoms with E-state index in [2.05, 4.69) is 5.32 Å². The van der Waals surface area contributed by atoms with E-state index in [1.54, 1.807) is 7.11 Å². The molecule has 0 atom stereocenters. The van der Waals surface area contributed by atoms with Gasteiger partial charge in [0.05, 0.1) is 12.8 Å². The minimum atomic E-state index is -0.586. The Morgan fingerprint density at radius 3 is 2.55 bits per heavy atom. The Bertz CT molecular complexity index is 612. The molecule has 20 heavy (non-hydrogen) atoms. The van der Waals surface area contributed by atoms with Gasteiger partial charge in [-0.3, -0.25) is 4.79 Å². The van der Waals surface area contributed by atoms with Gasteiger partial charge in [0, 0.05) is 12.1 Å². The maximum atomic E-state index is 13.6. The molecule has 0 bridgehead atoms. The number of hydrogen-bond donors (Lipinski definition) is 2. The van der Waals surface area contributed by atoms with E-state index in [-0.39, 0.29) is 11.3 Å². The molecular weight excluding hydrogens is 259 g/mol. The van der Waals surface area contributed by atoms with Crippen molar-refractivity contribution in [3.63, 3.8) is 0 Å². The van der Waals surface area contributed by atoms with Gasteiger partial charge in [0.15, 0.2) is 0 Å². The SMILES string of the molecule is COc1ccc(CNc2cc(C(N)=O)ccc2F)cc1. The summed E-state index contributed by atoms with van der Waals surface area (Å²) in [4.78, 5) is 11.1. The molecule has 3 N–H and O–H groups in total. The first-order valence-electron chi connectivity index (χ1n) is 6.06. The van der Waals surface area contributed by atoms with E-state index in [0.717, 1.165) is 11.3 Å². The third-order valence-electron chi connectivity index (χ3n) is 2.89. The zero-order chi connectivity index (χ0) is 14.5. The van der Waals surface area contributed by atoms with Gasteiger partial charge < -0.3 is 15.8 Å². The molecule has 104 valence electrons. The monoisotopic (exact) mass is 274 g/mol. The number of halogens is 1. The summed E-state index contributed by atoms with van der Waals surface area (Å²) in [6, 6.07) is 11.4. The fourth-order valence-corrected chi connectivity index (χ4v) is 1.75. The molecule has 2 aromatic rings. The Labute approximate surface area is 116 Å². The average Bonchev–Trinajstić information content (AvgIpc) is 2.46. The number of anilines is 1. The second kappa shape index (κ2) is 6.06. The highest BCUT2D eigenvalue weighted by molar-refractivity contribution is 5.93. The number of methoxy groups -OCH3 is 1. The highest BCUT2D eigenvalue weighted by atomic mass is 19.1. The van der Waals surface area contributed by atoms with Crippen molar-refractivity contribution >= 4 is 11.6 Å². The van der Waals surface area contributed by atoms with Gasteiger partial charge in [0.25, 0.3) is 0 Å². The Hall–Kier alpha value is -2.56. The molecule has 2 rings (SSSR count). The average molecular weight is 274 g/mol. The number of carbonyl (C=O) groups excluding carboxylic acids is 1. The van der Waals surface area contributed by atoms with Crippen LogP contribution in [0.1, 0.15) is 15.9 Å². The lowest BCUT2D eigenvalue weighted by Crippen LogP contribution is -2.12. The number of nitrogens with one attached hydrogen (secondary N) is 1. The minimum Gasteiger partial charge on any atom is -0.497 e. The molecule has 0 radical (unpaired) electrons. The van der Waals surface area contributed by atoms with Crippen molar-refractivity contribution in [1.82, 2.24) is 0 Å². The summed E-state index contributed by atoms with van der Waals surface area (Å²) in [7, 11) is 1.60. The maximum absolute atomic E-state index is 13.6. The van der Waals surface area contributed by atoms with Crippen molar-refractivity contribution in [2.45, 2.75) is 6.54 Å². The number of nitrogens with two attached hydrogens (primary N) is 1. The number of hydrogen-bond acceptors (Lipinski definition) is 3. The Morgan fingerprint density at radius 2 is 1.95 bits per heavy atom. The first-order valence-corrected chi connectivity index (χ1v) is 6.06. The molecule has 5 heteroatoms. The lowest BCUT2D eigenvalue weighted by atomic mass is 10.1. The lowest BCUT2D eigenvalue weighted by Gasteiger charge is -2.09. The predicted octanol–water partition coefficient (Wildman–Crippen LogP) is 2.55. The summed E-state index contributed by atoms with van der Waals surface area (Å²) in [6.07, 6.45) is 0. The van der Waals surface area contributed by atoms with Crippen LogP contribution in [0.2, 0.25) is 0 Å². The van der Waals surface area contributed by atoms with Crippen molar-refractivity contribution in [2.24, 2.45) is 5.73 Å². The normalized spacial score (nSPS) is 10.1. The van der Waals surface area contributed by atoms with Gasteiger partial charge in [-0.1, -0.05) is 12.1 Å². The maximum Gasteiger partial charge on any atom is 0.248 e. The summed E-state index contributed by atoms with van der Waals surface area (Å²) in [5.74, 6) is -0.253. The van der Waals surface area contributed by atoms with E-state index in [4.69, 9.17) is 10.5 Å². The van der Waals surface area contributed by atoms with Gasteiger partial charge in [-0.15, -0.1) is 0 Å². The standard InChI is InChI=1S/C15H15FN2O2/c1-20-12-5-2-10(3-6-12)9-18-14-8-11(15(17)19)4-7-13(14)16/h2-8,18H,9H2,1H3,(H2,17,19). The van der Waals surface area contributed by atoms with Crippen LogP contribution in [0.3, 0.4) is 0 Å². The quantitative estimate of drug-likeness (QED) is 0.880. The highest BCUT2D eigenvalue weighted by Gasteiger charge is 2.06. The van der Waals surface area contributed by atoms with Crippen LogP contribution < -0.4 is 15.8 Å². The molecule has 4 nitrogen and oxygen atoms in total. The number of primary amides is 1. The highest BCUT2D eigenvalue weighted by Crippen LogP contribution is 2.18. The molecule has 2 aromatic carbocycles. The van der Waals surface area contributed by atoms with Crippen molar-refractivity contribution in [2.75, 3.05) is 12.4 Å². The summed E-state index contributed by atoms with van der Waals surface area (Å²) in [5, 5.41) is 2.94. The third kappa shape index (κ3) is 3.26. The topological polar surface area (TPSA) is 64.3 Å². The smallest absolute Gasteiger partial charge is 0.248 e. The second-order valence-corrected chi connectivity index (χ2v) is 4.26. The molecule has 0 saturated carbocycles. The summed E-state index contributed by atoms with van der Waals surface area (Å²) >= 11 is 0. The Morgan fingerprint density at radius 1 is 1.25 bits per heavy atom. The molecule has 0 aromatic heterocycles. The van der Waals surface area contributed by atoms with Crippen LogP contribution in [0, 0.1) is 5.82 Å². The van der Waals surface area contributed by atoms with Crippen LogP contribution in [0.4, 0.5) is 10.1 Å². The molecule has 0 aliphatic heterocycles. The first-order chi connectivity index (χ1) is 9.60. The number of carbonyl (C=O) groups is 1. The van der Waals surface area contributed by atoms with Gasteiger partial charge in [-0.25, -0.2) is 4.39 Å². The van der Waals surface area contributed by atoms with Crippen molar-refractivity contribution in [1.29, 1.82) is 0 Å². The van der Waals surface area contributed by atoms with Crippen LogP contribution in [-0.4, -0.2) is 13.0 Å². The zero-order valence-corrected chi connectivity index (χ0v) is 11.0. The van der Waals surface area contributed by atoms with Gasteiger partial charge in [0.2, 0.25) is 5.91 Å². The molecule has 1 amide bonds. The van der Waals surface area contributed by atoms with Crippen molar-refractivity contribution in [3.05, 3.63) is 59.4 Å². The van der Waals surface area contributed by atoms with E-state index in [1.165, 1.54) is 18.2 Å². The molecule has 0 aliphatic rings. The van der Waals surface area contributed by atoms with E-state index >= 15 is 0 Å². The summed E-state index contributed by atoms with van der Waals surface area (Å²) in [6.45, 7) is 0.434. The molecule has 0 unspecified atom stereocenters. The number of rotatable bonds is 5. The minimum absolute atomic E-state index is 0.247. The second-order valence-electron chi connectivity index (χ2n) is 4.26. The van der Waals surface area contributed by atoms with Crippen LogP contribution in [0.25, 0.3) is 0 Å². The fraction of sp³-hybridized carbons (Fsp3) is 0.133. The van der Waals surface area contributed by atoms with E-state index in [0.29, 0.717) is 6.54 Å². The number of ether oxygens (including phenoxy) is 1. The summed E-state index contributed by atoms with van der Waals surface area (Å²) in [5.41, 5.74) is 6.65. The number of benzene rings is 2. The van der Waals surface area contributed by atoms with E-state index in [9.17, 15) is 9.18 Å². The van der Waals surface area contributed by atoms with E-state index in [1.807, 2.05) is 24.3 Å². The van der Waals surface area contributed by atoms with Gasteiger partial charge in [-0.05, 0) is 35.9 Å². The summed E-state index contributed by atoms with van der Waals surface area (Å²) < 4.78 is 18.7. The first kappa shape index (κ1) is 13.9.